The number of thiocarbonyl (C=S) groups is 1. The second kappa shape index (κ2) is 9.79. The van der Waals surface area contributed by atoms with Crippen LogP contribution in [0.15, 0.2) is 66.9 Å². The molecule has 1 saturated carbocycles. The van der Waals surface area contributed by atoms with E-state index in [2.05, 4.69) is 15.6 Å². The monoisotopic (exact) mass is 502 g/mol. The van der Waals surface area contributed by atoms with Crippen molar-refractivity contribution in [2.45, 2.75) is 18.8 Å². The van der Waals surface area contributed by atoms with Crippen molar-refractivity contribution in [3.8, 4) is 17.2 Å². The average Bonchev–Trinajstić information content (AvgIpc) is 3.71. The minimum atomic E-state index is -0.602. The van der Waals surface area contributed by atoms with E-state index in [0.29, 0.717) is 44.9 Å². The van der Waals surface area contributed by atoms with Crippen LogP contribution in [0.25, 0.3) is 10.9 Å². The number of pyridine rings is 1. The average molecular weight is 503 g/mol. The zero-order chi connectivity index (χ0) is 25.2. The molecule has 0 atom stereocenters. The van der Waals surface area contributed by atoms with Gasteiger partial charge in [0.2, 0.25) is 0 Å². The first-order chi connectivity index (χ1) is 17.4. The number of methoxy groups -OCH3 is 1. The lowest BCUT2D eigenvalue weighted by molar-refractivity contribution is 0.0997. The lowest BCUT2D eigenvalue weighted by Gasteiger charge is -2.16. The molecule has 1 aliphatic carbocycles. The summed E-state index contributed by atoms with van der Waals surface area (Å²) in [5.41, 5.74) is 8.59. The van der Waals surface area contributed by atoms with Gasteiger partial charge in [0.15, 0.2) is 5.11 Å². The number of hydrogen-bond acceptors (Lipinski definition) is 5. The van der Waals surface area contributed by atoms with Crippen LogP contribution < -0.4 is 25.8 Å². The predicted molar refractivity (Wildman–Crippen MR) is 142 cm³/mol. The molecule has 9 heteroatoms. The summed E-state index contributed by atoms with van der Waals surface area (Å²) in [5.74, 6) is 0.909. The molecule has 7 nitrogen and oxygen atoms in total. The van der Waals surface area contributed by atoms with E-state index in [0.717, 1.165) is 24.1 Å². The molecule has 0 unspecified atom stereocenters. The van der Waals surface area contributed by atoms with Crippen LogP contribution in [0, 0.1) is 5.82 Å². The molecule has 0 bridgehead atoms. The van der Waals surface area contributed by atoms with E-state index >= 15 is 0 Å². The SMILES string of the molecule is COc1cc2nccc(Oc3ccc(NC(=S)Nc4ccccc4F)c(C4CC4)c3)c2cc1C(N)=O. The number of aromatic nitrogens is 1. The number of carbonyl (C=O) groups is 1. The lowest BCUT2D eigenvalue weighted by atomic mass is 10.1. The number of nitrogens with two attached hydrogens (primary N) is 1. The van der Waals surface area contributed by atoms with E-state index in [1.165, 1.54) is 13.2 Å². The van der Waals surface area contributed by atoms with Gasteiger partial charge in [-0.15, -0.1) is 0 Å². The third-order valence-electron chi connectivity index (χ3n) is 5.93. The highest BCUT2D eigenvalue weighted by Gasteiger charge is 2.27. The van der Waals surface area contributed by atoms with Gasteiger partial charge in [-0.05, 0) is 79.0 Å². The van der Waals surface area contributed by atoms with Gasteiger partial charge in [0.25, 0.3) is 5.91 Å². The van der Waals surface area contributed by atoms with Crippen molar-refractivity contribution in [3.63, 3.8) is 0 Å². The maximum Gasteiger partial charge on any atom is 0.252 e. The first-order valence-electron chi connectivity index (χ1n) is 11.3. The Morgan fingerprint density at radius 3 is 2.56 bits per heavy atom. The Morgan fingerprint density at radius 1 is 1.06 bits per heavy atom. The highest BCUT2D eigenvalue weighted by atomic mass is 32.1. The Hall–Kier alpha value is -4.24. The summed E-state index contributed by atoms with van der Waals surface area (Å²) < 4.78 is 25.5. The Morgan fingerprint density at radius 2 is 1.83 bits per heavy atom. The summed E-state index contributed by atoms with van der Waals surface area (Å²) in [6, 6.07) is 17.1. The maximum absolute atomic E-state index is 14.0. The Bertz CT molecular complexity index is 1490. The van der Waals surface area contributed by atoms with E-state index in [-0.39, 0.29) is 11.4 Å². The van der Waals surface area contributed by atoms with Gasteiger partial charge in [0, 0.05) is 23.3 Å². The summed E-state index contributed by atoms with van der Waals surface area (Å²) in [7, 11) is 1.47. The zero-order valence-corrected chi connectivity index (χ0v) is 20.2. The molecule has 0 spiro atoms. The van der Waals surface area contributed by atoms with Crippen LogP contribution in [0.3, 0.4) is 0 Å². The number of amides is 1. The molecule has 1 heterocycles. The molecule has 1 amide bonds. The maximum atomic E-state index is 14.0. The van der Waals surface area contributed by atoms with Crippen LogP contribution >= 0.6 is 12.2 Å². The number of carbonyl (C=O) groups excluding carboxylic acids is 1. The van der Waals surface area contributed by atoms with Gasteiger partial charge in [-0.1, -0.05) is 12.1 Å². The fourth-order valence-corrected chi connectivity index (χ4v) is 4.23. The third-order valence-corrected chi connectivity index (χ3v) is 6.13. The fraction of sp³-hybridized carbons (Fsp3) is 0.148. The number of primary amides is 1. The molecule has 5 rings (SSSR count). The minimum Gasteiger partial charge on any atom is -0.496 e. The summed E-state index contributed by atoms with van der Waals surface area (Å²) in [6.07, 6.45) is 3.75. The molecule has 182 valence electrons. The third kappa shape index (κ3) is 4.92. The number of hydrogen-bond donors (Lipinski definition) is 3. The Labute approximate surface area is 212 Å². The molecule has 0 aliphatic heterocycles. The van der Waals surface area contributed by atoms with Crippen LogP contribution in [0.1, 0.15) is 34.7 Å². The molecule has 36 heavy (non-hydrogen) atoms. The zero-order valence-electron chi connectivity index (χ0n) is 19.4. The van der Waals surface area contributed by atoms with Gasteiger partial charge in [-0.25, -0.2) is 4.39 Å². The highest BCUT2D eigenvalue weighted by molar-refractivity contribution is 7.80. The smallest absolute Gasteiger partial charge is 0.252 e. The predicted octanol–water partition coefficient (Wildman–Crippen LogP) is 5.96. The largest absolute Gasteiger partial charge is 0.496 e. The number of benzene rings is 3. The summed E-state index contributed by atoms with van der Waals surface area (Å²) in [4.78, 5) is 16.3. The molecule has 1 fully saturated rings. The Kier molecular flexibility index (Phi) is 6.39. The van der Waals surface area contributed by atoms with E-state index in [1.54, 1.807) is 42.6 Å². The molecular weight excluding hydrogens is 479 g/mol. The van der Waals surface area contributed by atoms with Crippen LogP contribution in [0.2, 0.25) is 0 Å². The number of nitrogens with zero attached hydrogens (tertiary/aromatic N) is 1. The van der Waals surface area contributed by atoms with Gasteiger partial charge in [0.05, 0.1) is 23.9 Å². The van der Waals surface area contributed by atoms with Crippen molar-refractivity contribution < 1.29 is 18.7 Å². The van der Waals surface area contributed by atoms with Gasteiger partial charge in [-0.2, -0.15) is 0 Å². The van der Waals surface area contributed by atoms with Crippen LogP contribution in [-0.2, 0) is 0 Å². The topological polar surface area (TPSA) is 98.5 Å². The number of para-hydroxylation sites is 1. The first-order valence-corrected chi connectivity index (χ1v) is 11.7. The van der Waals surface area contributed by atoms with Crippen molar-refractivity contribution in [1.82, 2.24) is 4.98 Å². The van der Waals surface area contributed by atoms with Gasteiger partial charge in [-0.3, -0.25) is 9.78 Å². The van der Waals surface area contributed by atoms with E-state index in [9.17, 15) is 9.18 Å². The lowest BCUT2D eigenvalue weighted by Crippen LogP contribution is -2.20. The summed E-state index contributed by atoms with van der Waals surface area (Å²) in [5, 5.41) is 7.02. The number of nitrogens with one attached hydrogen (secondary N) is 2. The van der Waals surface area contributed by atoms with E-state index in [4.69, 9.17) is 27.4 Å². The minimum absolute atomic E-state index is 0.247. The molecule has 1 aliphatic rings. The summed E-state index contributed by atoms with van der Waals surface area (Å²) in [6.45, 7) is 0. The van der Waals surface area contributed by atoms with Gasteiger partial charge < -0.3 is 25.8 Å². The summed E-state index contributed by atoms with van der Waals surface area (Å²) >= 11 is 5.41. The van der Waals surface area contributed by atoms with Crippen molar-refractivity contribution in [1.29, 1.82) is 0 Å². The second-order valence-corrected chi connectivity index (χ2v) is 8.84. The van der Waals surface area contributed by atoms with E-state index < -0.39 is 5.91 Å². The van der Waals surface area contributed by atoms with Crippen molar-refractivity contribution >= 4 is 45.5 Å². The van der Waals surface area contributed by atoms with Crippen LogP contribution in [-0.4, -0.2) is 23.1 Å². The van der Waals surface area contributed by atoms with Crippen molar-refractivity contribution in [3.05, 3.63) is 83.8 Å². The highest BCUT2D eigenvalue weighted by Crippen LogP contribution is 2.45. The normalized spacial score (nSPS) is 12.7. The molecule has 0 saturated heterocycles. The van der Waals surface area contributed by atoms with Gasteiger partial charge in [0.1, 0.15) is 23.1 Å². The standard InChI is InChI=1S/C27H23FN4O3S/c1-34-25-14-23-18(13-19(25)26(29)33)24(10-11-30-23)35-16-8-9-21(17(12-16)15-6-7-15)31-27(36)32-22-5-3-2-4-20(22)28/h2-5,8-15H,6-7H2,1H3,(H2,29,33)(H2,31,32,36). The van der Waals surface area contributed by atoms with Gasteiger partial charge >= 0.3 is 0 Å². The number of anilines is 2. The van der Waals surface area contributed by atoms with Crippen molar-refractivity contribution in [2.75, 3.05) is 17.7 Å². The molecule has 4 aromatic rings. The number of ether oxygens (including phenoxy) is 2. The molecule has 4 N–H and O–H groups in total. The number of halogens is 1. The van der Waals surface area contributed by atoms with Crippen LogP contribution in [0.5, 0.6) is 17.2 Å². The number of fused-ring (bicyclic) bond motifs is 1. The van der Waals surface area contributed by atoms with Crippen LogP contribution in [0.4, 0.5) is 15.8 Å². The van der Waals surface area contributed by atoms with Crippen molar-refractivity contribution in [2.24, 2.45) is 5.73 Å². The number of rotatable bonds is 7. The second-order valence-electron chi connectivity index (χ2n) is 8.43. The molecule has 3 aromatic carbocycles. The van der Waals surface area contributed by atoms with E-state index in [1.807, 2.05) is 18.2 Å². The quantitative estimate of drug-likeness (QED) is 0.268. The fourth-order valence-electron chi connectivity index (χ4n) is 4.01. The molecular formula is C27H23FN4O3S. The Balaban J connectivity index is 1.42. The molecule has 1 aromatic heterocycles. The molecule has 0 radical (unpaired) electrons. The first kappa shape index (κ1) is 23.5.